The zero-order valence-electron chi connectivity index (χ0n) is 15.1. The summed E-state index contributed by atoms with van der Waals surface area (Å²) in [4.78, 5) is 0. The Balaban J connectivity index is 2.04. The van der Waals surface area contributed by atoms with Gasteiger partial charge in [0.05, 0.1) is 11.7 Å². The van der Waals surface area contributed by atoms with Gasteiger partial charge in [-0.1, -0.05) is 30.2 Å². The second kappa shape index (κ2) is 7.31. The van der Waals surface area contributed by atoms with E-state index >= 15 is 0 Å². The van der Waals surface area contributed by atoms with Crippen molar-refractivity contribution in [2.45, 2.75) is 91.0 Å². The zero-order chi connectivity index (χ0) is 16.3. The average Bonchev–Trinajstić information content (AvgIpc) is 3.10. The average molecular weight is 306 g/mol. The molecule has 0 aromatic rings. The van der Waals surface area contributed by atoms with E-state index in [1.807, 2.05) is 0 Å². The van der Waals surface area contributed by atoms with E-state index in [9.17, 15) is 5.11 Å². The van der Waals surface area contributed by atoms with Crippen molar-refractivity contribution in [2.24, 2.45) is 11.8 Å². The molecule has 5 unspecified atom stereocenters. The molecule has 2 heteroatoms. The maximum atomic E-state index is 10.9. The smallest absolute Gasteiger partial charge is 0.113 e. The topological polar surface area (TPSA) is 32.8 Å². The number of hydrogen-bond acceptors (Lipinski definition) is 2. The summed E-state index contributed by atoms with van der Waals surface area (Å²) in [5.74, 6) is 0.880. The summed E-state index contributed by atoms with van der Waals surface area (Å²) < 4.78 is 5.92. The first kappa shape index (κ1) is 17.7. The molecule has 0 aromatic carbocycles. The first-order chi connectivity index (χ1) is 10.3. The molecule has 2 aliphatic rings. The van der Waals surface area contributed by atoms with Gasteiger partial charge in [0.2, 0.25) is 0 Å². The molecule has 0 amide bonds. The summed E-state index contributed by atoms with van der Waals surface area (Å²) >= 11 is 0. The van der Waals surface area contributed by atoms with E-state index in [2.05, 4.69) is 46.8 Å². The zero-order valence-corrected chi connectivity index (χ0v) is 15.1. The van der Waals surface area contributed by atoms with Gasteiger partial charge in [0.15, 0.2) is 0 Å². The predicted molar refractivity (Wildman–Crippen MR) is 92.8 cm³/mol. The Morgan fingerprint density at radius 2 is 2.23 bits per heavy atom. The van der Waals surface area contributed by atoms with Crippen LogP contribution in [0.2, 0.25) is 0 Å². The van der Waals surface area contributed by atoms with Crippen LogP contribution in [0.5, 0.6) is 0 Å². The molecule has 0 aromatic heterocycles. The van der Waals surface area contributed by atoms with Crippen LogP contribution in [0.15, 0.2) is 23.3 Å². The fourth-order valence-corrected chi connectivity index (χ4v) is 3.86. The van der Waals surface area contributed by atoms with Crippen LogP contribution in [0, 0.1) is 11.8 Å². The number of aliphatic hydroxyl groups is 1. The summed E-state index contributed by atoms with van der Waals surface area (Å²) in [6, 6.07) is 0. The lowest BCUT2D eigenvalue weighted by atomic mass is 9.78. The van der Waals surface area contributed by atoms with Crippen LogP contribution in [-0.2, 0) is 4.74 Å². The quantitative estimate of drug-likeness (QED) is 0.584. The number of rotatable bonds is 4. The minimum absolute atomic E-state index is 0.0511. The van der Waals surface area contributed by atoms with E-state index in [1.54, 1.807) is 0 Å². The van der Waals surface area contributed by atoms with E-state index in [0.29, 0.717) is 11.8 Å². The molecule has 0 spiro atoms. The lowest BCUT2D eigenvalue weighted by Gasteiger charge is -2.29. The van der Waals surface area contributed by atoms with Crippen molar-refractivity contribution in [1.29, 1.82) is 0 Å². The highest BCUT2D eigenvalue weighted by Crippen LogP contribution is 2.46. The molecule has 1 aliphatic heterocycles. The first-order valence-electron chi connectivity index (χ1n) is 8.98. The molecule has 1 N–H and O–H groups in total. The molecule has 1 aliphatic carbocycles. The van der Waals surface area contributed by atoms with Crippen molar-refractivity contribution >= 4 is 0 Å². The second-order valence-corrected chi connectivity index (χ2v) is 7.97. The van der Waals surface area contributed by atoms with E-state index in [4.69, 9.17) is 4.74 Å². The van der Waals surface area contributed by atoms with Crippen LogP contribution in [0.4, 0.5) is 0 Å². The van der Waals surface area contributed by atoms with Crippen molar-refractivity contribution < 1.29 is 9.84 Å². The van der Waals surface area contributed by atoms with Crippen molar-refractivity contribution in [2.75, 3.05) is 0 Å². The summed E-state index contributed by atoms with van der Waals surface area (Å²) in [7, 11) is 0. The number of ether oxygens (including phenoxy) is 1. The van der Waals surface area contributed by atoms with Gasteiger partial charge in [-0.2, -0.15) is 0 Å². The Labute approximate surface area is 136 Å². The predicted octanol–water partition coefficient (Wildman–Crippen LogP) is 5.02. The molecule has 1 heterocycles. The molecule has 5 atom stereocenters. The summed E-state index contributed by atoms with van der Waals surface area (Å²) in [6.45, 7) is 11.0. The van der Waals surface area contributed by atoms with Crippen LogP contribution in [-0.4, -0.2) is 22.9 Å². The van der Waals surface area contributed by atoms with E-state index in [0.717, 1.165) is 38.5 Å². The normalized spacial score (nSPS) is 36.8. The van der Waals surface area contributed by atoms with Gasteiger partial charge >= 0.3 is 0 Å². The van der Waals surface area contributed by atoms with Crippen molar-refractivity contribution in [3.8, 4) is 0 Å². The Morgan fingerprint density at radius 1 is 1.50 bits per heavy atom. The second-order valence-electron chi connectivity index (χ2n) is 7.97. The number of epoxide rings is 1. The lowest BCUT2D eigenvalue weighted by Crippen LogP contribution is -2.34. The van der Waals surface area contributed by atoms with Gasteiger partial charge in [0.1, 0.15) is 6.10 Å². The Morgan fingerprint density at radius 3 is 2.91 bits per heavy atom. The standard InChI is InChI=1S/C20H34O2/c1-14(2)8-6-10-16(4)17-12-11-15(3)9-7-13-20(5)19(22-20)18(17)21/h8-9,16-19,21H,6-7,10-13H2,1-5H3. The first-order valence-corrected chi connectivity index (χ1v) is 8.98. The van der Waals surface area contributed by atoms with Crippen molar-refractivity contribution in [3.05, 3.63) is 23.3 Å². The summed E-state index contributed by atoms with van der Waals surface area (Å²) in [6.07, 6.45) is 11.0. The van der Waals surface area contributed by atoms with E-state index in [-0.39, 0.29) is 17.8 Å². The molecule has 0 bridgehead atoms. The highest BCUT2D eigenvalue weighted by atomic mass is 16.6. The molecule has 126 valence electrons. The third kappa shape index (κ3) is 4.45. The van der Waals surface area contributed by atoms with Gasteiger partial charge in [0.25, 0.3) is 0 Å². The Hall–Kier alpha value is -0.600. The molecule has 2 nitrogen and oxygen atoms in total. The van der Waals surface area contributed by atoms with Gasteiger partial charge in [0, 0.05) is 0 Å². The van der Waals surface area contributed by atoms with Gasteiger partial charge in [-0.05, 0) is 78.1 Å². The molecular formula is C20H34O2. The summed E-state index contributed by atoms with van der Waals surface area (Å²) in [5.41, 5.74) is 2.76. The van der Waals surface area contributed by atoms with E-state index in [1.165, 1.54) is 11.1 Å². The molecule has 2 rings (SSSR count). The molecule has 1 fully saturated rings. The fourth-order valence-electron chi connectivity index (χ4n) is 3.86. The van der Waals surface area contributed by atoms with Gasteiger partial charge in [-0.3, -0.25) is 0 Å². The summed E-state index contributed by atoms with van der Waals surface area (Å²) in [5, 5.41) is 10.9. The molecule has 0 saturated carbocycles. The maximum Gasteiger partial charge on any atom is 0.113 e. The maximum absolute atomic E-state index is 10.9. The molecular weight excluding hydrogens is 272 g/mol. The van der Waals surface area contributed by atoms with Crippen LogP contribution in [0.25, 0.3) is 0 Å². The number of fused-ring (bicyclic) bond motifs is 1. The van der Waals surface area contributed by atoms with Crippen LogP contribution in [0.3, 0.4) is 0 Å². The van der Waals surface area contributed by atoms with Gasteiger partial charge < -0.3 is 9.84 Å². The monoisotopic (exact) mass is 306 g/mol. The van der Waals surface area contributed by atoms with Gasteiger partial charge in [-0.25, -0.2) is 0 Å². The highest BCUT2D eigenvalue weighted by molar-refractivity contribution is 5.09. The highest BCUT2D eigenvalue weighted by Gasteiger charge is 2.57. The number of allylic oxidation sites excluding steroid dienone is 4. The van der Waals surface area contributed by atoms with Gasteiger partial charge in [-0.15, -0.1) is 0 Å². The molecule has 22 heavy (non-hydrogen) atoms. The number of hydrogen-bond donors (Lipinski definition) is 1. The van der Waals surface area contributed by atoms with Crippen molar-refractivity contribution in [1.82, 2.24) is 0 Å². The lowest BCUT2D eigenvalue weighted by molar-refractivity contribution is 0.0446. The molecule has 0 radical (unpaired) electrons. The Kier molecular flexibility index (Phi) is 5.90. The van der Waals surface area contributed by atoms with Crippen LogP contribution in [0.1, 0.15) is 73.1 Å². The largest absolute Gasteiger partial charge is 0.390 e. The fraction of sp³-hybridized carbons (Fsp3) is 0.800. The number of aliphatic hydroxyl groups excluding tert-OH is 1. The minimum Gasteiger partial charge on any atom is -0.390 e. The molecule has 1 saturated heterocycles. The van der Waals surface area contributed by atoms with Crippen LogP contribution < -0.4 is 0 Å². The van der Waals surface area contributed by atoms with Crippen LogP contribution >= 0.6 is 0 Å². The van der Waals surface area contributed by atoms with Crippen molar-refractivity contribution in [3.63, 3.8) is 0 Å². The third-order valence-electron chi connectivity index (χ3n) is 5.60. The SMILES string of the molecule is CC(C)=CCCC(C)C1CCC(C)=CCCC2(C)OC2C1O. The minimum atomic E-state index is -0.308. The third-order valence-corrected chi connectivity index (χ3v) is 5.60. The Bertz CT molecular complexity index is 433. The van der Waals surface area contributed by atoms with E-state index < -0.39 is 0 Å².